The Labute approximate surface area is 129 Å². The molecule has 2 rings (SSSR count). The summed E-state index contributed by atoms with van der Waals surface area (Å²) in [6, 6.07) is 7.12. The monoisotopic (exact) mass is 325 g/mol. The lowest BCUT2D eigenvalue weighted by atomic mass is 10.1. The van der Waals surface area contributed by atoms with Gasteiger partial charge in [-0.15, -0.1) is 11.3 Å². The molecule has 21 heavy (non-hydrogen) atoms. The highest BCUT2D eigenvalue weighted by Crippen LogP contribution is 2.23. The van der Waals surface area contributed by atoms with Crippen LogP contribution in [0.1, 0.15) is 29.8 Å². The van der Waals surface area contributed by atoms with Gasteiger partial charge in [0.05, 0.1) is 4.90 Å². The fraction of sp³-hybridized carbons (Fsp3) is 0.357. The van der Waals surface area contributed by atoms with E-state index in [9.17, 15) is 8.42 Å². The summed E-state index contributed by atoms with van der Waals surface area (Å²) in [5.74, 6) is 0. The summed E-state index contributed by atoms with van der Waals surface area (Å²) < 4.78 is 27.3. The molecule has 114 valence electrons. The number of hydrogen-bond donors (Lipinski definition) is 2. The molecule has 0 amide bonds. The SMILES string of the molecule is CCC(NC)c1cccc(S(=O)(=O)Nc2ncc(C)s2)c1. The van der Waals surface area contributed by atoms with E-state index in [-0.39, 0.29) is 10.9 Å². The smallest absolute Gasteiger partial charge is 0.263 e. The van der Waals surface area contributed by atoms with Gasteiger partial charge >= 0.3 is 0 Å². The first-order valence-electron chi connectivity index (χ1n) is 6.68. The number of hydrogen-bond acceptors (Lipinski definition) is 5. The van der Waals surface area contributed by atoms with Gasteiger partial charge in [-0.3, -0.25) is 4.72 Å². The molecule has 0 aliphatic heterocycles. The first-order chi connectivity index (χ1) is 9.96. The van der Waals surface area contributed by atoms with Crippen molar-refractivity contribution in [3.63, 3.8) is 0 Å². The summed E-state index contributed by atoms with van der Waals surface area (Å²) in [5, 5.41) is 3.56. The maximum Gasteiger partial charge on any atom is 0.263 e. The van der Waals surface area contributed by atoms with Gasteiger partial charge in [0.25, 0.3) is 10.0 Å². The van der Waals surface area contributed by atoms with Crippen molar-refractivity contribution in [2.75, 3.05) is 11.8 Å². The zero-order chi connectivity index (χ0) is 15.5. The van der Waals surface area contributed by atoms with Gasteiger partial charge < -0.3 is 5.32 Å². The topological polar surface area (TPSA) is 71.1 Å². The van der Waals surface area contributed by atoms with Crippen LogP contribution in [-0.2, 0) is 10.0 Å². The van der Waals surface area contributed by atoms with Crippen molar-refractivity contribution < 1.29 is 8.42 Å². The van der Waals surface area contributed by atoms with Crippen molar-refractivity contribution in [2.24, 2.45) is 0 Å². The van der Waals surface area contributed by atoms with Gasteiger partial charge in [0.1, 0.15) is 0 Å². The number of benzene rings is 1. The summed E-state index contributed by atoms with van der Waals surface area (Å²) in [5.41, 5.74) is 0.957. The molecular formula is C14H19N3O2S2. The van der Waals surface area contributed by atoms with E-state index < -0.39 is 10.0 Å². The van der Waals surface area contributed by atoms with Gasteiger partial charge in [-0.1, -0.05) is 19.1 Å². The van der Waals surface area contributed by atoms with Crippen LogP contribution in [0.4, 0.5) is 5.13 Å². The molecule has 1 aromatic heterocycles. The van der Waals surface area contributed by atoms with Crippen LogP contribution in [0.25, 0.3) is 0 Å². The lowest BCUT2D eigenvalue weighted by molar-refractivity contribution is 0.574. The minimum atomic E-state index is -3.60. The molecular weight excluding hydrogens is 306 g/mol. The van der Waals surface area contributed by atoms with Crippen molar-refractivity contribution in [1.82, 2.24) is 10.3 Å². The van der Waals surface area contributed by atoms with E-state index >= 15 is 0 Å². The van der Waals surface area contributed by atoms with Crippen LogP contribution in [0.15, 0.2) is 35.4 Å². The standard InChI is InChI=1S/C14H19N3O2S2/c1-4-13(15-3)11-6-5-7-12(8-11)21(18,19)17-14-16-9-10(2)20-14/h5-9,13,15H,4H2,1-3H3,(H,16,17). The first-order valence-corrected chi connectivity index (χ1v) is 8.98. The quantitative estimate of drug-likeness (QED) is 0.856. The van der Waals surface area contributed by atoms with Gasteiger partial charge in [0.15, 0.2) is 5.13 Å². The second-order valence-corrected chi connectivity index (χ2v) is 7.62. The summed E-state index contributed by atoms with van der Waals surface area (Å²) in [6.45, 7) is 3.94. The van der Waals surface area contributed by atoms with Crippen LogP contribution < -0.4 is 10.0 Å². The van der Waals surface area contributed by atoms with Gasteiger partial charge in [-0.2, -0.15) is 0 Å². The normalized spacial score (nSPS) is 13.1. The van der Waals surface area contributed by atoms with E-state index in [0.29, 0.717) is 5.13 Å². The molecule has 2 N–H and O–H groups in total. The molecule has 2 aromatic rings. The van der Waals surface area contributed by atoms with Crippen LogP contribution in [0.5, 0.6) is 0 Å². The minimum Gasteiger partial charge on any atom is -0.313 e. The first kappa shape index (κ1) is 15.9. The number of nitrogens with zero attached hydrogens (tertiary/aromatic N) is 1. The zero-order valence-electron chi connectivity index (χ0n) is 12.3. The average Bonchev–Trinajstić information content (AvgIpc) is 2.85. The summed E-state index contributed by atoms with van der Waals surface area (Å²) in [7, 11) is -1.74. The molecule has 0 fully saturated rings. The minimum absolute atomic E-state index is 0.141. The zero-order valence-corrected chi connectivity index (χ0v) is 13.9. The summed E-state index contributed by atoms with van der Waals surface area (Å²) in [4.78, 5) is 5.24. The lowest BCUT2D eigenvalue weighted by Gasteiger charge is -2.15. The van der Waals surface area contributed by atoms with Crippen LogP contribution in [-0.4, -0.2) is 20.4 Å². The molecule has 0 saturated heterocycles. The summed E-state index contributed by atoms with van der Waals surface area (Å²) in [6.07, 6.45) is 2.53. The Bertz CT molecular complexity index is 707. The largest absolute Gasteiger partial charge is 0.313 e. The van der Waals surface area contributed by atoms with Crippen LogP contribution >= 0.6 is 11.3 Å². The highest BCUT2D eigenvalue weighted by molar-refractivity contribution is 7.93. The molecule has 1 unspecified atom stereocenters. The van der Waals surface area contributed by atoms with E-state index in [1.165, 1.54) is 11.3 Å². The van der Waals surface area contributed by atoms with E-state index in [4.69, 9.17) is 0 Å². The highest BCUT2D eigenvalue weighted by atomic mass is 32.2. The fourth-order valence-electron chi connectivity index (χ4n) is 2.08. The molecule has 0 aliphatic carbocycles. The number of aromatic nitrogens is 1. The number of aryl methyl sites for hydroxylation is 1. The van der Waals surface area contributed by atoms with E-state index in [0.717, 1.165) is 16.9 Å². The molecule has 1 atom stereocenters. The third-order valence-electron chi connectivity index (χ3n) is 3.17. The maximum atomic E-state index is 12.4. The predicted octanol–water partition coefficient (Wildman–Crippen LogP) is 2.92. The van der Waals surface area contributed by atoms with Crippen molar-refractivity contribution in [3.8, 4) is 0 Å². The molecule has 1 aromatic carbocycles. The van der Waals surface area contributed by atoms with Gasteiger partial charge in [0.2, 0.25) is 0 Å². The third kappa shape index (κ3) is 3.81. The second-order valence-electron chi connectivity index (χ2n) is 4.70. The van der Waals surface area contributed by atoms with Crippen LogP contribution in [0.2, 0.25) is 0 Å². The number of sulfonamides is 1. The number of nitrogens with one attached hydrogen (secondary N) is 2. The molecule has 0 radical (unpaired) electrons. The average molecular weight is 325 g/mol. The highest BCUT2D eigenvalue weighted by Gasteiger charge is 2.17. The van der Waals surface area contributed by atoms with Gasteiger partial charge in [-0.05, 0) is 38.1 Å². The van der Waals surface area contributed by atoms with E-state index in [1.54, 1.807) is 24.4 Å². The second kappa shape index (κ2) is 6.55. The lowest BCUT2D eigenvalue weighted by Crippen LogP contribution is -2.17. The third-order valence-corrected chi connectivity index (χ3v) is 5.46. The number of thiazole rings is 1. The Morgan fingerprint density at radius 1 is 1.38 bits per heavy atom. The van der Waals surface area contributed by atoms with Crippen LogP contribution in [0.3, 0.4) is 0 Å². The van der Waals surface area contributed by atoms with Crippen molar-refractivity contribution in [1.29, 1.82) is 0 Å². The molecule has 0 spiro atoms. The van der Waals surface area contributed by atoms with E-state index in [2.05, 4.69) is 21.9 Å². The van der Waals surface area contributed by atoms with Crippen molar-refractivity contribution in [2.45, 2.75) is 31.2 Å². The predicted molar refractivity (Wildman–Crippen MR) is 86.2 cm³/mol. The Morgan fingerprint density at radius 3 is 2.71 bits per heavy atom. The molecule has 0 bridgehead atoms. The molecule has 1 heterocycles. The van der Waals surface area contributed by atoms with Crippen LogP contribution in [0, 0.1) is 6.92 Å². The molecule has 0 aliphatic rings. The Kier molecular flexibility index (Phi) is 4.97. The molecule has 7 heteroatoms. The Hall–Kier alpha value is -1.44. The fourth-order valence-corrected chi connectivity index (χ4v) is 4.04. The van der Waals surface area contributed by atoms with Gasteiger partial charge in [0, 0.05) is 17.1 Å². The Morgan fingerprint density at radius 2 is 2.14 bits per heavy atom. The van der Waals surface area contributed by atoms with Crippen molar-refractivity contribution >= 4 is 26.5 Å². The number of rotatable bonds is 6. The summed E-state index contributed by atoms with van der Waals surface area (Å²) >= 11 is 1.32. The molecule has 0 saturated carbocycles. The Balaban J connectivity index is 2.29. The maximum absolute atomic E-state index is 12.4. The van der Waals surface area contributed by atoms with Gasteiger partial charge in [-0.25, -0.2) is 13.4 Å². The van der Waals surface area contributed by atoms with Crippen molar-refractivity contribution in [3.05, 3.63) is 40.9 Å². The number of anilines is 1. The molecule has 5 nitrogen and oxygen atoms in total. The van der Waals surface area contributed by atoms with E-state index in [1.807, 2.05) is 20.0 Å².